The van der Waals surface area contributed by atoms with E-state index in [1.54, 1.807) is 11.4 Å². The van der Waals surface area contributed by atoms with Crippen LogP contribution in [0.2, 0.25) is 0 Å². The lowest BCUT2D eigenvalue weighted by atomic mass is 9.92. The third-order valence-corrected chi connectivity index (χ3v) is 4.65. The summed E-state index contributed by atoms with van der Waals surface area (Å²) in [5, 5.41) is 6.45. The van der Waals surface area contributed by atoms with Crippen LogP contribution in [0.5, 0.6) is 0 Å². The van der Waals surface area contributed by atoms with E-state index in [0.29, 0.717) is 24.4 Å². The lowest BCUT2D eigenvalue weighted by Gasteiger charge is -2.34. The van der Waals surface area contributed by atoms with Crippen LogP contribution in [0.3, 0.4) is 0 Å². The molecule has 124 valence electrons. The molecule has 0 saturated carbocycles. The van der Waals surface area contributed by atoms with Gasteiger partial charge in [0, 0.05) is 43.0 Å². The van der Waals surface area contributed by atoms with E-state index in [2.05, 4.69) is 5.32 Å². The van der Waals surface area contributed by atoms with Crippen molar-refractivity contribution in [3.05, 3.63) is 22.4 Å². The zero-order valence-corrected chi connectivity index (χ0v) is 14.4. The van der Waals surface area contributed by atoms with Gasteiger partial charge in [-0.15, -0.1) is 12.4 Å². The molecule has 1 fully saturated rings. The molecule has 0 bridgehead atoms. The number of amides is 2. The Kier molecular flexibility index (Phi) is 7.85. The molecule has 22 heavy (non-hydrogen) atoms. The van der Waals surface area contributed by atoms with Gasteiger partial charge in [-0.05, 0) is 37.1 Å². The Labute approximate surface area is 141 Å². The Morgan fingerprint density at radius 3 is 2.95 bits per heavy atom. The minimum Gasteiger partial charge on any atom is -0.351 e. The van der Waals surface area contributed by atoms with E-state index < -0.39 is 0 Å². The number of carbonyl (C=O) groups excluding carboxylic acids is 2. The van der Waals surface area contributed by atoms with E-state index in [0.717, 1.165) is 25.9 Å². The summed E-state index contributed by atoms with van der Waals surface area (Å²) in [6.07, 6.45) is 2.46. The fourth-order valence-electron chi connectivity index (χ4n) is 2.60. The van der Waals surface area contributed by atoms with Gasteiger partial charge in [-0.2, -0.15) is 11.3 Å². The highest BCUT2D eigenvalue weighted by Crippen LogP contribution is 2.19. The molecule has 2 atom stereocenters. The second-order valence-electron chi connectivity index (χ2n) is 5.62. The number of hydrogen-bond donors (Lipinski definition) is 2. The lowest BCUT2D eigenvalue weighted by Crippen LogP contribution is -2.45. The molecule has 7 heteroatoms. The number of hydrogen-bond acceptors (Lipinski definition) is 4. The van der Waals surface area contributed by atoms with Crippen molar-refractivity contribution >= 4 is 35.6 Å². The first-order valence-electron chi connectivity index (χ1n) is 7.41. The van der Waals surface area contributed by atoms with Gasteiger partial charge in [0.15, 0.2) is 0 Å². The van der Waals surface area contributed by atoms with Gasteiger partial charge in [-0.3, -0.25) is 9.59 Å². The minimum atomic E-state index is -0.115. The van der Waals surface area contributed by atoms with Gasteiger partial charge in [-0.25, -0.2) is 0 Å². The minimum absolute atomic E-state index is 0. The Morgan fingerprint density at radius 1 is 1.55 bits per heavy atom. The van der Waals surface area contributed by atoms with Crippen LogP contribution in [0.1, 0.15) is 36.5 Å². The topological polar surface area (TPSA) is 75.4 Å². The Balaban J connectivity index is 0.00000242. The van der Waals surface area contributed by atoms with Crippen molar-refractivity contribution in [1.29, 1.82) is 0 Å². The highest BCUT2D eigenvalue weighted by atomic mass is 35.5. The van der Waals surface area contributed by atoms with Gasteiger partial charge in [-0.1, -0.05) is 0 Å². The van der Waals surface area contributed by atoms with Crippen LogP contribution in [0.25, 0.3) is 0 Å². The molecule has 2 heterocycles. The number of nitrogens with zero attached hydrogens (tertiary/aromatic N) is 1. The largest absolute Gasteiger partial charge is 0.351 e. The smallest absolute Gasteiger partial charge is 0.252 e. The average molecular weight is 346 g/mol. The van der Waals surface area contributed by atoms with Crippen molar-refractivity contribution in [3.8, 4) is 0 Å². The quantitative estimate of drug-likeness (QED) is 0.855. The highest BCUT2D eigenvalue weighted by molar-refractivity contribution is 7.08. The summed E-state index contributed by atoms with van der Waals surface area (Å²) < 4.78 is 0. The molecule has 1 saturated heterocycles. The van der Waals surface area contributed by atoms with Crippen LogP contribution >= 0.6 is 23.7 Å². The van der Waals surface area contributed by atoms with E-state index in [4.69, 9.17) is 5.73 Å². The molecule has 0 aromatic carbocycles. The fraction of sp³-hybridized carbons (Fsp3) is 0.600. The Morgan fingerprint density at radius 2 is 2.32 bits per heavy atom. The molecule has 0 spiro atoms. The third kappa shape index (κ3) is 5.26. The second kappa shape index (κ2) is 9.12. The maximum atomic E-state index is 12.2. The standard InChI is InChI=1S/C15H23N3O2S.ClH/c1-11(16)12-3-2-7-18(9-12)14(19)4-6-17-15(20)13-5-8-21-10-13;/h5,8,10-12H,2-4,6-7,9,16H2,1H3,(H,17,20);1H. The van der Waals surface area contributed by atoms with Crippen molar-refractivity contribution in [2.45, 2.75) is 32.2 Å². The van der Waals surface area contributed by atoms with Crippen LogP contribution < -0.4 is 11.1 Å². The molecule has 2 amide bonds. The number of nitrogens with one attached hydrogen (secondary N) is 1. The molecule has 0 aliphatic carbocycles. The number of nitrogens with two attached hydrogens (primary N) is 1. The van der Waals surface area contributed by atoms with Crippen LogP contribution in [0, 0.1) is 5.92 Å². The number of halogens is 1. The van der Waals surface area contributed by atoms with Crippen molar-refractivity contribution in [2.24, 2.45) is 11.7 Å². The Bertz CT molecular complexity index is 479. The molecule has 1 aromatic rings. The van der Waals surface area contributed by atoms with E-state index >= 15 is 0 Å². The zero-order valence-electron chi connectivity index (χ0n) is 12.8. The van der Waals surface area contributed by atoms with E-state index in [1.165, 1.54) is 11.3 Å². The van der Waals surface area contributed by atoms with Gasteiger partial charge in [0.2, 0.25) is 5.91 Å². The molecule has 2 rings (SSSR count). The van der Waals surface area contributed by atoms with E-state index in [9.17, 15) is 9.59 Å². The van der Waals surface area contributed by atoms with Gasteiger partial charge in [0.25, 0.3) is 5.91 Å². The van der Waals surface area contributed by atoms with Crippen LogP contribution in [-0.4, -0.2) is 42.4 Å². The molecule has 3 N–H and O–H groups in total. The Hall–Kier alpha value is -1.11. The molecular formula is C15H24ClN3O2S. The number of carbonyl (C=O) groups is 2. The number of rotatable bonds is 5. The number of likely N-dealkylation sites (tertiary alicyclic amines) is 1. The molecule has 1 aliphatic rings. The normalized spacial score (nSPS) is 19.2. The SMILES string of the molecule is CC(N)C1CCCN(C(=O)CCNC(=O)c2ccsc2)C1.Cl. The average Bonchev–Trinajstić information content (AvgIpc) is 3.01. The molecule has 1 aromatic heterocycles. The summed E-state index contributed by atoms with van der Waals surface area (Å²) in [6.45, 7) is 3.93. The van der Waals surface area contributed by atoms with Gasteiger partial charge >= 0.3 is 0 Å². The number of thiophene rings is 1. The van der Waals surface area contributed by atoms with E-state index in [1.807, 2.05) is 17.2 Å². The molecule has 1 aliphatic heterocycles. The first-order valence-corrected chi connectivity index (χ1v) is 8.36. The van der Waals surface area contributed by atoms with Crippen LogP contribution in [0.15, 0.2) is 16.8 Å². The summed E-state index contributed by atoms with van der Waals surface area (Å²) in [4.78, 5) is 25.8. The van der Waals surface area contributed by atoms with Crippen molar-refractivity contribution < 1.29 is 9.59 Å². The highest BCUT2D eigenvalue weighted by Gasteiger charge is 2.25. The summed E-state index contributed by atoms with van der Waals surface area (Å²) in [5.74, 6) is 0.380. The second-order valence-corrected chi connectivity index (χ2v) is 6.40. The maximum absolute atomic E-state index is 12.2. The lowest BCUT2D eigenvalue weighted by molar-refractivity contribution is -0.132. The van der Waals surface area contributed by atoms with Crippen molar-refractivity contribution in [2.75, 3.05) is 19.6 Å². The predicted octanol–water partition coefficient (Wildman–Crippen LogP) is 1.88. The molecule has 5 nitrogen and oxygen atoms in total. The first-order chi connectivity index (χ1) is 10.1. The third-order valence-electron chi connectivity index (χ3n) is 3.96. The zero-order chi connectivity index (χ0) is 15.2. The molecule has 0 radical (unpaired) electrons. The monoisotopic (exact) mass is 345 g/mol. The number of piperidine rings is 1. The van der Waals surface area contributed by atoms with Gasteiger partial charge in [0.1, 0.15) is 0 Å². The van der Waals surface area contributed by atoms with Gasteiger partial charge < -0.3 is 16.0 Å². The summed E-state index contributed by atoms with van der Waals surface area (Å²) in [5.41, 5.74) is 6.58. The predicted molar refractivity (Wildman–Crippen MR) is 91.5 cm³/mol. The summed E-state index contributed by atoms with van der Waals surface area (Å²) in [7, 11) is 0. The summed E-state index contributed by atoms with van der Waals surface area (Å²) >= 11 is 1.49. The van der Waals surface area contributed by atoms with Crippen LogP contribution in [-0.2, 0) is 4.79 Å². The maximum Gasteiger partial charge on any atom is 0.252 e. The molecular weight excluding hydrogens is 322 g/mol. The summed E-state index contributed by atoms with van der Waals surface area (Å²) in [6, 6.07) is 1.90. The van der Waals surface area contributed by atoms with E-state index in [-0.39, 0.29) is 30.3 Å². The first kappa shape index (κ1) is 18.9. The fourth-order valence-corrected chi connectivity index (χ4v) is 3.24. The van der Waals surface area contributed by atoms with Crippen molar-refractivity contribution in [1.82, 2.24) is 10.2 Å². The van der Waals surface area contributed by atoms with Crippen LogP contribution in [0.4, 0.5) is 0 Å². The van der Waals surface area contributed by atoms with Gasteiger partial charge in [0.05, 0.1) is 0 Å². The molecule has 2 unspecified atom stereocenters. The van der Waals surface area contributed by atoms with Crippen molar-refractivity contribution in [3.63, 3.8) is 0 Å².